The lowest BCUT2D eigenvalue weighted by atomic mass is 10.3. The molecule has 2 heterocycles. The first-order valence-electron chi connectivity index (χ1n) is 6.01. The summed E-state index contributed by atoms with van der Waals surface area (Å²) in [5.74, 6) is -0.0265. The Labute approximate surface area is 124 Å². The number of thioether (sulfide) groups is 1. The van der Waals surface area contributed by atoms with Gasteiger partial charge in [0.2, 0.25) is 5.82 Å². The summed E-state index contributed by atoms with van der Waals surface area (Å²) in [6.07, 6.45) is -4.60. The van der Waals surface area contributed by atoms with Gasteiger partial charge in [-0.05, 0) is 0 Å². The smallest absolute Gasteiger partial charge is 0.358 e. The SMILES string of the molecule is CN(CC1CNCCS1)c1cc(Cl)nc(C(F)(F)F)n1. The molecule has 4 nitrogen and oxygen atoms in total. The maximum Gasteiger partial charge on any atom is 0.451 e. The van der Waals surface area contributed by atoms with Crippen molar-refractivity contribution in [2.24, 2.45) is 0 Å². The molecule has 0 amide bonds. The topological polar surface area (TPSA) is 41.0 Å². The van der Waals surface area contributed by atoms with E-state index in [1.54, 1.807) is 23.7 Å². The molecule has 1 aromatic heterocycles. The fourth-order valence-electron chi connectivity index (χ4n) is 1.86. The van der Waals surface area contributed by atoms with Crippen LogP contribution >= 0.6 is 23.4 Å². The fraction of sp³-hybridized carbons (Fsp3) is 0.636. The molecule has 0 spiro atoms. The number of anilines is 1. The maximum absolute atomic E-state index is 12.7. The first-order chi connectivity index (χ1) is 9.36. The van der Waals surface area contributed by atoms with Gasteiger partial charge < -0.3 is 10.2 Å². The predicted octanol–water partition coefficient (Wildman–Crippen LogP) is 2.29. The van der Waals surface area contributed by atoms with Gasteiger partial charge in [0.15, 0.2) is 0 Å². The van der Waals surface area contributed by atoms with Crippen LogP contribution in [0.4, 0.5) is 19.0 Å². The second-order valence-electron chi connectivity index (χ2n) is 4.45. The summed E-state index contributed by atoms with van der Waals surface area (Å²) in [6, 6.07) is 1.34. The van der Waals surface area contributed by atoms with Crippen LogP contribution in [0.1, 0.15) is 5.82 Å². The second kappa shape index (κ2) is 6.36. The normalized spacial score (nSPS) is 19.9. The van der Waals surface area contributed by atoms with Crippen molar-refractivity contribution in [1.29, 1.82) is 0 Å². The number of nitrogens with one attached hydrogen (secondary N) is 1. The van der Waals surface area contributed by atoms with Gasteiger partial charge in [0.1, 0.15) is 11.0 Å². The van der Waals surface area contributed by atoms with Gasteiger partial charge >= 0.3 is 6.18 Å². The molecule has 0 aliphatic carbocycles. The van der Waals surface area contributed by atoms with E-state index in [4.69, 9.17) is 11.6 Å². The van der Waals surface area contributed by atoms with Gasteiger partial charge in [-0.1, -0.05) is 11.6 Å². The predicted molar refractivity (Wildman–Crippen MR) is 74.4 cm³/mol. The number of aromatic nitrogens is 2. The summed E-state index contributed by atoms with van der Waals surface area (Å²) in [7, 11) is 1.70. The van der Waals surface area contributed by atoms with E-state index in [9.17, 15) is 13.2 Å². The van der Waals surface area contributed by atoms with Crippen LogP contribution in [0.15, 0.2) is 6.07 Å². The fourth-order valence-corrected chi connectivity index (χ4v) is 3.20. The number of hydrogen-bond donors (Lipinski definition) is 1. The van der Waals surface area contributed by atoms with Crippen LogP contribution < -0.4 is 10.2 Å². The number of hydrogen-bond acceptors (Lipinski definition) is 5. The molecule has 0 aromatic carbocycles. The Balaban J connectivity index is 2.12. The minimum atomic E-state index is -4.60. The molecule has 1 N–H and O–H groups in total. The first kappa shape index (κ1) is 15.7. The molecule has 1 unspecified atom stereocenters. The van der Waals surface area contributed by atoms with E-state index in [1.165, 1.54) is 6.07 Å². The van der Waals surface area contributed by atoms with Crippen LogP contribution in [0, 0.1) is 0 Å². The molecule has 1 fully saturated rings. The molecule has 1 atom stereocenters. The van der Waals surface area contributed by atoms with Crippen molar-refractivity contribution in [2.75, 3.05) is 37.3 Å². The Hall–Kier alpha value is -0.730. The van der Waals surface area contributed by atoms with Gasteiger partial charge in [-0.15, -0.1) is 0 Å². The van der Waals surface area contributed by atoms with E-state index in [0.29, 0.717) is 11.8 Å². The standard InChI is InChI=1S/C11H14ClF3N4S/c1-19(6-7-5-16-2-3-20-7)9-4-8(12)17-10(18-9)11(13,14)15/h4,7,16H,2-3,5-6H2,1H3. The van der Waals surface area contributed by atoms with Gasteiger partial charge in [0.05, 0.1) is 0 Å². The third-order valence-corrected chi connectivity index (χ3v) is 4.23. The zero-order valence-electron chi connectivity index (χ0n) is 10.7. The summed E-state index contributed by atoms with van der Waals surface area (Å²) in [5.41, 5.74) is 0. The van der Waals surface area contributed by atoms with Crippen molar-refractivity contribution in [3.8, 4) is 0 Å². The highest BCUT2D eigenvalue weighted by atomic mass is 35.5. The summed E-state index contributed by atoms with van der Waals surface area (Å²) in [5, 5.41) is 3.36. The van der Waals surface area contributed by atoms with Crippen molar-refractivity contribution in [1.82, 2.24) is 15.3 Å². The molecule has 1 aromatic rings. The summed E-state index contributed by atoms with van der Waals surface area (Å²) in [6.45, 7) is 2.39. The van der Waals surface area contributed by atoms with Crippen molar-refractivity contribution < 1.29 is 13.2 Å². The van der Waals surface area contributed by atoms with Gasteiger partial charge in [-0.2, -0.15) is 24.9 Å². The minimum absolute atomic E-state index is 0.184. The monoisotopic (exact) mass is 326 g/mol. The average Bonchev–Trinajstić information content (AvgIpc) is 2.38. The van der Waals surface area contributed by atoms with Gasteiger partial charge in [-0.25, -0.2) is 9.97 Å². The molecule has 20 heavy (non-hydrogen) atoms. The third-order valence-electron chi connectivity index (χ3n) is 2.81. The Morgan fingerprint density at radius 1 is 1.50 bits per heavy atom. The van der Waals surface area contributed by atoms with Crippen LogP contribution in [-0.2, 0) is 6.18 Å². The Morgan fingerprint density at radius 2 is 2.25 bits per heavy atom. The van der Waals surface area contributed by atoms with Gasteiger partial charge in [0, 0.05) is 43.8 Å². The molecule has 0 bridgehead atoms. The molecule has 1 saturated heterocycles. The Bertz CT molecular complexity index is 465. The van der Waals surface area contributed by atoms with Crippen molar-refractivity contribution in [2.45, 2.75) is 11.4 Å². The number of nitrogens with zero attached hydrogens (tertiary/aromatic N) is 3. The molecular formula is C11H14ClF3N4S. The van der Waals surface area contributed by atoms with Crippen LogP contribution in [0.25, 0.3) is 0 Å². The summed E-state index contributed by atoms with van der Waals surface area (Å²) < 4.78 is 38.0. The van der Waals surface area contributed by atoms with Crippen molar-refractivity contribution in [3.63, 3.8) is 0 Å². The molecule has 0 saturated carbocycles. The number of alkyl halides is 3. The first-order valence-corrected chi connectivity index (χ1v) is 7.44. The van der Waals surface area contributed by atoms with Crippen molar-refractivity contribution in [3.05, 3.63) is 17.0 Å². The van der Waals surface area contributed by atoms with E-state index in [1.807, 2.05) is 0 Å². The third kappa shape index (κ3) is 4.13. The van der Waals surface area contributed by atoms with E-state index < -0.39 is 12.0 Å². The molecule has 112 valence electrons. The average molecular weight is 327 g/mol. The Morgan fingerprint density at radius 3 is 2.85 bits per heavy atom. The van der Waals surface area contributed by atoms with E-state index >= 15 is 0 Å². The van der Waals surface area contributed by atoms with Crippen LogP contribution in [0.3, 0.4) is 0 Å². The zero-order chi connectivity index (χ0) is 14.8. The Kier molecular flexibility index (Phi) is 4.98. The molecule has 1 aliphatic heterocycles. The molecule has 2 rings (SSSR count). The molecule has 9 heteroatoms. The number of rotatable bonds is 3. The molecule has 1 aliphatic rings. The highest BCUT2D eigenvalue weighted by Gasteiger charge is 2.35. The summed E-state index contributed by atoms with van der Waals surface area (Å²) >= 11 is 7.44. The van der Waals surface area contributed by atoms with E-state index in [2.05, 4.69) is 15.3 Å². The summed E-state index contributed by atoms with van der Waals surface area (Å²) in [4.78, 5) is 8.44. The molecule has 0 radical (unpaired) electrons. The largest absolute Gasteiger partial charge is 0.451 e. The quantitative estimate of drug-likeness (QED) is 0.863. The molecular weight excluding hydrogens is 313 g/mol. The van der Waals surface area contributed by atoms with Gasteiger partial charge in [-0.3, -0.25) is 0 Å². The second-order valence-corrected chi connectivity index (χ2v) is 6.24. The van der Waals surface area contributed by atoms with E-state index in [-0.39, 0.29) is 11.0 Å². The zero-order valence-corrected chi connectivity index (χ0v) is 12.3. The minimum Gasteiger partial charge on any atom is -0.358 e. The van der Waals surface area contributed by atoms with Crippen LogP contribution in [0.2, 0.25) is 5.15 Å². The highest BCUT2D eigenvalue weighted by molar-refractivity contribution is 8.00. The maximum atomic E-state index is 12.7. The van der Waals surface area contributed by atoms with Gasteiger partial charge in [0.25, 0.3) is 0 Å². The van der Waals surface area contributed by atoms with E-state index in [0.717, 1.165) is 18.8 Å². The van der Waals surface area contributed by atoms with Crippen molar-refractivity contribution >= 4 is 29.2 Å². The van der Waals surface area contributed by atoms with Crippen LogP contribution in [-0.4, -0.2) is 47.7 Å². The van der Waals surface area contributed by atoms with Crippen LogP contribution in [0.5, 0.6) is 0 Å². The lowest BCUT2D eigenvalue weighted by molar-refractivity contribution is -0.144. The lowest BCUT2D eigenvalue weighted by Gasteiger charge is -2.28. The highest BCUT2D eigenvalue weighted by Crippen LogP contribution is 2.29. The lowest BCUT2D eigenvalue weighted by Crippen LogP contribution is -2.40. The number of halogens is 4.